The molecule has 0 aliphatic rings. The van der Waals surface area contributed by atoms with Crippen molar-refractivity contribution in [2.75, 3.05) is 5.32 Å². The van der Waals surface area contributed by atoms with Crippen LogP contribution in [-0.4, -0.2) is 22.1 Å². The maximum Gasteiger partial charge on any atom is 0.387 e. The van der Waals surface area contributed by atoms with E-state index in [1.165, 1.54) is 24.3 Å². The lowest BCUT2D eigenvalue weighted by Gasteiger charge is -2.07. The van der Waals surface area contributed by atoms with Gasteiger partial charge in [0, 0.05) is 5.69 Å². The van der Waals surface area contributed by atoms with E-state index in [1.807, 2.05) is 0 Å². The summed E-state index contributed by atoms with van der Waals surface area (Å²) in [7, 11) is 0. The number of ether oxygens (including phenoxy) is 1. The number of rotatable bonds is 5. The van der Waals surface area contributed by atoms with Crippen LogP contribution in [0.25, 0.3) is 0 Å². The monoisotopic (exact) mass is 300 g/mol. The average molecular weight is 300 g/mol. The van der Waals surface area contributed by atoms with Gasteiger partial charge in [-0.3, -0.25) is 0 Å². The van der Waals surface area contributed by atoms with E-state index in [0.717, 1.165) is 11.5 Å². The second-order valence-corrected chi connectivity index (χ2v) is 4.58. The van der Waals surface area contributed by atoms with E-state index in [4.69, 9.17) is 5.11 Å². The van der Waals surface area contributed by atoms with Crippen molar-refractivity contribution in [3.8, 4) is 5.75 Å². The van der Waals surface area contributed by atoms with Crippen LogP contribution in [0.15, 0.2) is 24.3 Å². The zero-order valence-corrected chi connectivity index (χ0v) is 11.1. The van der Waals surface area contributed by atoms with Crippen molar-refractivity contribution in [3.05, 3.63) is 35.5 Å². The number of anilines is 2. The third-order valence-electron chi connectivity index (χ3n) is 2.41. The first kappa shape index (κ1) is 14.2. The zero-order chi connectivity index (χ0) is 14.7. The molecule has 0 radical (unpaired) electrons. The van der Waals surface area contributed by atoms with E-state index in [1.54, 1.807) is 6.92 Å². The van der Waals surface area contributed by atoms with E-state index < -0.39 is 12.6 Å². The Morgan fingerprint density at radius 2 is 2.05 bits per heavy atom. The Morgan fingerprint density at radius 3 is 2.60 bits per heavy atom. The van der Waals surface area contributed by atoms with Crippen molar-refractivity contribution in [2.24, 2.45) is 0 Å². The number of nitrogens with zero attached hydrogens (tertiary/aromatic N) is 1. The molecule has 20 heavy (non-hydrogen) atoms. The fraction of sp³-hybridized carbons (Fsp3) is 0.167. The van der Waals surface area contributed by atoms with Crippen LogP contribution in [0.3, 0.4) is 0 Å². The summed E-state index contributed by atoms with van der Waals surface area (Å²) in [6.45, 7) is -1.28. The second kappa shape index (κ2) is 5.83. The first-order chi connectivity index (χ1) is 9.47. The van der Waals surface area contributed by atoms with Crippen LogP contribution in [0, 0.1) is 6.92 Å². The third kappa shape index (κ3) is 3.21. The summed E-state index contributed by atoms with van der Waals surface area (Å²) in [5.74, 6) is -1.04. The molecule has 106 valence electrons. The lowest BCUT2D eigenvalue weighted by molar-refractivity contribution is -0.0498. The van der Waals surface area contributed by atoms with Gasteiger partial charge in [-0.05, 0) is 42.7 Å². The number of aromatic carboxylic acids is 1. The first-order valence-electron chi connectivity index (χ1n) is 5.49. The highest BCUT2D eigenvalue weighted by molar-refractivity contribution is 7.10. The molecule has 0 bridgehead atoms. The summed E-state index contributed by atoms with van der Waals surface area (Å²) in [4.78, 5) is 11.1. The van der Waals surface area contributed by atoms with Gasteiger partial charge < -0.3 is 15.2 Å². The Labute approximate surface area is 117 Å². The van der Waals surface area contributed by atoms with Crippen LogP contribution in [0.1, 0.15) is 16.1 Å². The molecule has 0 unspecified atom stereocenters. The number of hydrogen-bond acceptors (Lipinski definition) is 5. The molecule has 0 spiro atoms. The van der Waals surface area contributed by atoms with Gasteiger partial charge in [0.2, 0.25) is 0 Å². The smallest absolute Gasteiger partial charge is 0.387 e. The van der Waals surface area contributed by atoms with Crippen LogP contribution in [0.2, 0.25) is 0 Å². The number of aromatic nitrogens is 1. The highest BCUT2D eigenvalue weighted by atomic mass is 32.1. The quantitative estimate of drug-likeness (QED) is 0.884. The highest BCUT2D eigenvalue weighted by Crippen LogP contribution is 2.28. The van der Waals surface area contributed by atoms with Gasteiger partial charge in [0.25, 0.3) is 0 Å². The van der Waals surface area contributed by atoms with E-state index in [9.17, 15) is 13.6 Å². The zero-order valence-electron chi connectivity index (χ0n) is 10.3. The first-order valence-corrected chi connectivity index (χ1v) is 6.26. The molecule has 0 amide bonds. The molecule has 2 rings (SSSR count). The molecule has 2 aromatic rings. The number of hydrogen-bond donors (Lipinski definition) is 2. The second-order valence-electron chi connectivity index (χ2n) is 3.81. The molecule has 0 aliphatic carbocycles. The van der Waals surface area contributed by atoms with E-state index in [0.29, 0.717) is 16.4 Å². The Morgan fingerprint density at radius 1 is 1.40 bits per heavy atom. The Bertz CT molecular complexity index is 614. The maximum atomic E-state index is 12.0. The molecule has 0 fully saturated rings. The Balaban J connectivity index is 2.16. The third-order valence-corrected chi connectivity index (χ3v) is 3.27. The summed E-state index contributed by atoms with van der Waals surface area (Å²) >= 11 is 1.02. The number of aryl methyl sites for hydroxylation is 1. The van der Waals surface area contributed by atoms with Gasteiger partial charge in [-0.1, -0.05) is 0 Å². The van der Waals surface area contributed by atoms with Crippen molar-refractivity contribution in [3.63, 3.8) is 0 Å². The topological polar surface area (TPSA) is 71.5 Å². The molecule has 5 nitrogen and oxygen atoms in total. The Hall–Kier alpha value is -2.22. The minimum atomic E-state index is -2.88. The molecular weight excluding hydrogens is 290 g/mol. The van der Waals surface area contributed by atoms with E-state index in [-0.39, 0.29) is 11.3 Å². The SMILES string of the molecule is Cc1nsc(Nc2ccc(OC(F)F)cc2)c1C(=O)O. The van der Waals surface area contributed by atoms with Gasteiger partial charge >= 0.3 is 12.6 Å². The molecule has 0 saturated heterocycles. The number of benzene rings is 1. The summed E-state index contributed by atoms with van der Waals surface area (Å²) in [6, 6.07) is 5.75. The number of carboxylic acids is 1. The predicted octanol–water partition coefficient (Wildman–Crippen LogP) is 3.49. The molecule has 1 aromatic carbocycles. The molecule has 8 heteroatoms. The van der Waals surface area contributed by atoms with Crippen molar-refractivity contribution in [1.82, 2.24) is 4.37 Å². The van der Waals surface area contributed by atoms with Gasteiger partial charge in [-0.25, -0.2) is 4.79 Å². The average Bonchev–Trinajstić information content (AvgIpc) is 2.72. The lowest BCUT2D eigenvalue weighted by atomic mass is 10.2. The highest BCUT2D eigenvalue weighted by Gasteiger charge is 2.17. The minimum absolute atomic E-state index is 0.0319. The molecule has 0 saturated carbocycles. The van der Waals surface area contributed by atoms with E-state index in [2.05, 4.69) is 14.4 Å². The maximum absolute atomic E-state index is 12.0. The molecule has 1 heterocycles. The number of nitrogens with one attached hydrogen (secondary N) is 1. The normalized spacial score (nSPS) is 10.6. The van der Waals surface area contributed by atoms with Gasteiger partial charge in [0.1, 0.15) is 16.3 Å². The lowest BCUT2D eigenvalue weighted by Crippen LogP contribution is -2.02. The fourth-order valence-electron chi connectivity index (χ4n) is 1.56. The molecule has 0 aliphatic heterocycles. The van der Waals surface area contributed by atoms with E-state index >= 15 is 0 Å². The number of halogens is 2. The van der Waals surface area contributed by atoms with Gasteiger partial charge in [0.15, 0.2) is 0 Å². The molecule has 2 N–H and O–H groups in total. The number of carboxylic acid groups (broad SMARTS) is 1. The van der Waals surface area contributed by atoms with Crippen LogP contribution in [0.5, 0.6) is 5.75 Å². The fourth-order valence-corrected chi connectivity index (χ4v) is 2.37. The molecule has 1 aromatic heterocycles. The van der Waals surface area contributed by atoms with Crippen LogP contribution in [0.4, 0.5) is 19.5 Å². The van der Waals surface area contributed by atoms with Crippen LogP contribution >= 0.6 is 11.5 Å². The van der Waals surface area contributed by atoms with Crippen molar-refractivity contribution >= 4 is 28.2 Å². The summed E-state index contributed by atoms with van der Waals surface area (Å²) in [6.07, 6.45) is 0. The largest absolute Gasteiger partial charge is 0.478 e. The number of carbonyl (C=O) groups is 1. The standard InChI is InChI=1S/C12H10F2N2O3S/c1-6-9(11(17)18)10(20-16-6)15-7-2-4-8(5-3-7)19-12(13)14/h2-5,12,15H,1H3,(H,17,18). The summed E-state index contributed by atoms with van der Waals surface area (Å²) < 4.78 is 32.2. The Kier molecular flexibility index (Phi) is 4.14. The summed E-state index contributed by atoms with van der Waals surface area (Å²) in [5, 5.41) is 12.4. The van der Waals surface area contributed by atoms with Crippen LogP contribution in [-0.2, 0) is 0 Å². The molecular formula is C12H10F2N2O3S. The van der Waals surface area contributed by atoms with Gasteiger partial charge in [0.05, 0.1) is 5.69 Å². The van der Waals surface area contributed by atoms with Gasteiger partial charge in [-0.15, -0.1) is 0 Å². The van der Waals surface area contributed by atoms with Crippen molar-refractivity contribution < 1.29 is 23.4 Å². The minimum Gasteiger partial charge on any atom is -0.478 e. The predicted molar refractivity (Wildman–Crippen MR) is 70.2 cm³/mol. The van der Waals surface area contributed by atoms with Crippen molar-refractivity contribution in [1.29, 1.82) is 0 Å². The van der Waals surface area contributed by atoms with Gasteiger partial charge in [-0.2, -0.15) is 13.2 Å². The molecule has 0 atom stereocenters. The number of alkyl halides is 2. The van der Waals surface area contributed by atoms with Crippen LogP contribution < -0.4 is 10.1 Å². The van der Waals surface area contributed by atoms with Crippen molar-refractivity contribution in [2.45, 2.75) is 13.5 Å². The summed E-state index contributed by atoms with van der Waals surface area (Å²) in [5.41, 5.74) is 1.07.